The van der Waals surface area contributed by atoms with Crippen molar-refractivity contribution in [2.24, 2.45) is 4.99 Å². The minimum atomic E-state index is -0.292. The van der Waals surface area contributed by atoms with Crippen LogP contribution in [-0.4, -0.2) is 20.2 Å². The molecule has 2 rings (SSSR count). The number of carbonyl (C=O) groups excluding carboxylic acids is 1. The zero-order chi connectivity index (χ0) is 12.6. The van der Waals surface area contributed by atoms with Crippen LogP contribution in [0.5, 0.6) is 0 Å². The van der Waals surface area contributed by atoms with E-state index in [-0.39, 0.29) is 5.54 Å². The average Bonchev–Trinajstić information content (AvgIpc) is 3.02. The van der Waals surface area contributed by atoms with Gasteiger partial charge >= 0.3 is 0 Å². The Kier molecular flexibility index (Phi) is 2.80. The maximum atomic E-state index is 10.6. The largest absolute Gasteiger partial charge is 0.377 e. The van der Waals surface area contributed by atoms with Crippen LogP contribution in [0.4, 0.5) is 5.69 Å². The average molecular weight is 230 g/mol. The van der Waals surface area contributed by atoms with E-state index >= 15 is 0 Å². The monoisotopic (exact) mass is 230 g/mol. The summed E-state index contributed by atoms with van der Waals surface area (Å²) < 4.78 is 0. The Balaban J connectivity index is 2.60. The number of rotatable bonds is 3. The van der Waals surface area contributed by atoms with Crippen LogP contribution in [0.15, 0.2) is 17.1 Å². The van der Waals surface area contributed by atoms with Gasteiger partial charge < -0.3 is 4.90 Å². The molecule has 3 heteroatoms. The van der Waals surface area contributed by atoms with Crippen molar-refractivity contribution in [3.8, 4) is 0 Å². The van der Waals surface area contributed by atoms with Crippen LogP contribution in [0.25, 0.3) is 0 Å². The molecule has 0 atom stereocenters. The Hall–Kier alpha value is -1.60. The van der Waals surface area contributed by atoms with Crippen molar-refractivity contribution < 1.29 is 4.79 Å². The van der Waals surface area contributed by atoms with Crippen molar-refractivity contribution in [2.75, 3.05) is 19.0 Å². The molecule has 1 fully saturated rings. The molecule has 90 valence electrons. The molecule has 0 N–H and O–H groups in total. The number of hydrogen-bond acceptors (Lipinski definition) is 3. The van der Waals surface area contributed by atoms with E-state index in [0.717, 1.165) is 24.1 Å². The standard InChI is InChI=1S/C14H18N2O/c1-10-7-12(14(5-6-14)15-9-17)13(16(3)4)8-11(10)2/h7-8H,5-6H2,1-4H3. The third kappa shape index (κ3) is 1.98. The van der Waals surface area contributed by atoms with E-state index in [2.05, 4.69) is 35.9 Å². The predicted octanol–water partition coefficient (Wildman–Crippen LogP) is 2.69. The van der Waals surface area contributed by atoms with Crippen LogP contribution in [0, 0.1) is 13.8 Å². The zero-order valence-corrected chi connectivity index (χ0v) is 10.9. The van der Waals surface area contributed by atoms with E-state index in [1.165, 1.54) is 11.1 Å². The smallest absolute Gasteiger partial charge is 0.235 e. The quantitative estimate of drug-likeness (QED) is 0.590. The first-order valence-corrected chi connectivity index (χ1v) is 5.88. The van der Waals surface area contributed by atoms with E-state index in [1.807, 2.05) is 14.1 Å². The summed E-state index contributed by atoms with van der Waals surface area (Å²) in [4.78, 5) is 16.7. The number of nitrogens with zero attached hydrogens (tertiary/aromatic N) is 2. The number of aryl methyl sites for hydroxylation is 2. The number of benzene rings is 1. The summed E-state index contributed by atoms with van der Waals surface area (Å²) in [5.41, 5.74) is 4.54. The van der Waals surface area contributed by atoms with Crippen LogP contribution in [0.3, 0.4) is 0 Å². The third-order valence-electron chi connectivity index (χ3n) is 3.58. The number of isocyanates is 1. The molecule has 1 aromatic rings. The third-order valence-corrected chi connectivity index (χ3v) is 3.58. The number of aliphatic imine (C=N–C) groups is 1. The van der Waals surface area contributed by atoms with E-state index in [0.29, 0.717) is 0 Å². The van der Waals surface area contributed by atoms with Crippen LogP contribution in [0.2, 0.25) is 0 Å². The van der Waals surface area contributed by atoms with Gasteiger partial charge in [0.05, 0.1) is 0 Å². The number of anilines is 1. The molecular formula is C14H18N2O. The van der Waals surface area contributed by atoms with Gasteiger partial charge in [-0.15, -0.1) is 0 Å². The van der Waals surface area contributed by atoms with Gasteiger partial charge in [-0.05, 0) is 43.9 Å². The first kappa shape index (κ1) is 11.9. The molecule has 0 aliphatic heterocycles. The Morgan fingerprint density at radius 2 is 1.82 bits per heavy atom. The lowest BCUT2D eigenvalue weighted by Gasteiger charge is -2.22. The molecule has 17 heavy (non-hydrogen) atoms. The van der Waals surface area contributed by atoms with E-state index in [4.69, 9.17) is 0 Å². The lowest BCUT2D eigenvalue weighted by Crippen LogP contribution is -2.16. The van der Waals surface area contributed by atoms with Gasteiger partial charge in [0, 0.05) is 25.3 Å². The highest BCUT2D eigenvalue weighted by Crippen LogP contribution is 2.52. The fourth-order valence-corrected chi connectivity index (χ4v) is 2.19. The van der Waals surface area contributed by atoms with Crippen molar-refractivity contribution in [3.63, 3.8) is 0 Å². The fraction of sp³-hybridized carbons (Fsp3) is 0.500. The minimum Gasteiger partial charge on any atom is -0.377 e. The molecule has 0 amide bonds. The van der Waals surface area contributed by atoms with Gasteiger partial charge in [-0.3, -0.25) is 0 Å². The predicted molar refractivity (Wildman–Crippen MR) is 69.3 cm³/mol. The molecule has 1 saturated carbocycles. The molecule has 1 aromatic carbocycles. The van der Waals surface area contributed by atoms with Gasteiger partial charge in [-0.25, -0.2) is 4.79 Å². The molecule has 0 heterocycles. The summed E-state index contributed by atoms with van der Waals surface area (Å²) in [6.07, 6.45) is 3.63. The molecule has 0 spiro atoms. The first-order valence-electron chi connectivity index (χ1n) is 5.88. The molecule has 0 aromatic heterocycles. The lowest BCUT2D eigenvalue weighted by molar-refractivity contribution is 0.556. The normalized spacial score (nSPS) is 16.2. The van der Waals surface area contributed by atoms with Crippen molar-refractivity contribution in [1.29, 1.82) is 0 Å². The Morgan fingerprint density at radius 3 is 2.29 bits per heavy atom. The van der Waals surface area contributed by atoms with Crippen molar-refractivity contribution in [1.82, 2.24) is 0 Å². The second kappa shape index (κ2) is 4.01. The molecule has 0 radical (unpaired) electrons. The highest BCUT2D eigenvalue weighted by molar-refractivity contribution is 5.61. The molecule has 0 bridgehead atoms. The summed E-state index contributed by atoms with van der Waals surface area (Å²) in [7, 11) is 4.04. The van der Waals surface area contributed by atoms with E-state index in [1.54, 1.807) is 6.08 Å². The Morgan fingerprint density at radius 1 is 1.24 bits per heavy atom. The highest BCUT2D eigenvalue weighted by atomic mass is 16.1. The summed E-state index contributed by atoms with van der Waals surface area (Å²) in [5.74, 6) is 0. The lowest BCUT2D eigenvalue weighted by atomic mass is 9.97. The van der Waals surface area contributed by atoms with Crippen LogP contribution in [-0.2, 0) is 10.3 Å². The van der Waals surface area contributed by atoms with Gasteiger partial charge in [-0.2, -0.15) is 4.99 Å². The molecule has 1 aliphatic rings. The molecular weight excluding hydrogens is 212 g/mol. The van der Waals surface area contributed by atoms with Crippen molar-refractivity contribution >= 4 is 11.8 Å². The fourth-order valence-electron chi connectivity index (χ4n) is 2.19. The van der Waals surface area contributed by atoms with Gasteiger partial charge in [0.1, 0.15) is 5.54 Å². The van der Waals surface area contributed by atoms with Crippen molar-refractivity contribution in [2.45, 2.75) is 32.2 Å². The van der Waals surface area contributed by atoms with Gasteiger partial charge in [0.2, 0.25) is 6.08 Å². The maximum absolute atomic E-state index is 10.6. The Bertz CT molecular complexity index is 495. The second-order valence-corrected chi connectivity index (χ2v) is 5.08. The van der Waals surface area contributed by atoms with E-state index < -0.39 is 0 Å². The molecule has 0 saturated heterocycles. The highest BCUT2D eigenvalue weighted by Gasteiger charge is 2.46. The molecule has 1 aliphatic carbocycles. The Labute approximate surface area is 102 Å². The molecule has 3 nitrogen and oxygen atoms in total. The maximum Gasteiger partial charge on any atom is 0.235 e. The summed E-state index contributed by atoms with van der Waals surface area (Å²) in [6.45, 7) is 4.20. The van der Waals surface area contributed by atoms with Crippen molar-refractivity contribution in [3.05, 3.63) is 28.8 Å². The first-order chi connectivity index (χ1) is 8.00. The van der Waals surface area contributed by atoms with E-state index in [9.17, 15) is 4.79 Å². The second-order valence-electron chi connectivity index (χ2n) is 5.08. The van der Waals surface area contributed by atoms with Gasteiger partial charge in [0.25, 0.3) is 0 Å². The summed E-state index contributed by atoms with van der Waals surface area (Å²) in [6, 6.07) is 4.34. The molecule has 0 unspecified atom stereocenters. The minimum absolute atomic E-state index is 0.292. The SMILES string of the molecule is Cc1cc(N(C)C)c(C2(N=C=O)CC2)cc1C. The zero-order valence-electron chi connectivity index (χ0n) is 10.9. The summed E-state index contributed by atoms with van der Waals surface area (Å²) in [5, 5.41) is 0. The summed E-state index contributed by atoms with van der Waals surface area (Å²) >= 11 is 0. The van der Waals surface area contributed by atoms with Crippen LogP contribution >= 0.6 is 0 Å². The topological polar surface area (TPSA) is 32.7 Å². The van der Waals surface area contributed by atoms with Gasteiger partial charge in [-0.1, -0.05) is 6.07 Å². The number of hydrogen-bond donors (Lipinski definition) is 0. The van der Waals surface area contributed by atoms with Crippen LogP contribution in [0.1, 0.15) is 29.5 Å². The van der Waals surface area contributed by atoms with Gasteiger partial charge in [0.15, 0.2) is 0 Å². The van der Waals surface area contributed by atoms with Crippen LogP contribution < -0.4 is 4.90 Å².